The Morgan fingerprint density at radius 1 is 1.35 bits per heavy atom. The monoisotopic (exact) mass is 231 g/mol. The van der Waals surface area contributed by atoms with Gasteiger partial charge in [0.1, 0.15) is 5.82 Å². The Bertz CT molecular complexity index is 460. The minimum absolute atomic E-state index is 0.382. The van der Waals surface area contributed by atoms with Crippen molar-refractivity contribution in [2.45, 2.75) is 40.5 Å². The molecular weight excluding hydrogens is 210 g/mol. The van der Waals surface area contributed by atoms with E-state index in [9.17, 15) is 0 Å². The van der Waals surface area contributed by atoms with Crippen molar-refractivity contribution in [2.24, 2.45) is 11.3 Å². The average Bonchev–Trinajstić information content (AvgIpc) is 2.55. The van der Waals surface area contributed by atoms with E-state index in [4.69, 9.17) is 0 Å². The summed E-state index contributed by atoms with van der Waals surface area (Å²) in [4.78, 5) is 12.0. The lowest BCUT2D eigenvalue weighted by Crippen LogP contribution is -2.13. The molecule has 0 aliphatic rings. The summed E-state index contributed by atoms with van der Waals surface area (Å²) < 4.78 is 0. The van der Waals surface area contributed by atoms with Gasteiger partial charge >= 0.3 is 0 Å². The van der Waals surface area contributed by atoms with Crippen LogP contribution in [0, 0.1) is 11.3 Å². The fourth-order valence-corrected chi connectivity index (χ4v) is 2.45. The highest BCUT2D eigenvalue weighted by atomic mass is 14.9. The van der Waals surface area contributed by atoms with Crippen molar-refractivity contribution in [3.05, 3.63) is 24.3 Å². The van der Waals surface area contributed by atoms with Crippen LogP contribution in [0.2, 0.25) is 0 Å². The predicted molar refractivity (Wildman–Crippen MR) is 70.8 cm³/mol. The van der Waals surface area contributed by atoms with Crippen LogP contribution in [0.15, 0.2) is 18.5 Å². The fraction of sp³-hybridized carbons (Fsp3) is 0.571. The van der Waals surface area contributed by atoms with Crippen LogP contribution in [0.5, 0.6) is 0 Å². The van der Waals surface area contributed by atoms with Gasteiger partial charge in [-0.2, -0.15) is 0 Å². The van der Waals surface area contributed by atoms with Gasteiger partial charge in [0, 0.05) is 12.6 Å². The minimum atomic E-state index is 0.382. The zero-order chi connectivity index (χ0) is 12.5. The van der Waals surface area contributed by atoms with Crippen LogP contribution in [-0.2, 0) is 6.42 Å². The summed E-state index contributed by atoms with van der Waals surface area (Å²) in [6, 6.07) is 1.95. The van der Waals surface area contributed by atoms with E-state index in [2.05, 4.69) is 42.6 Å². The minimum Gasteiger partial charge on any atom is -0.341 e. The average molecular weight is 231 g/mol. The molecule has 0 amide bonds. The second kappa shape index (κ2) is 4.47. The Morgan fingerprint density at radius 3 is 2.76 bits per heavy atom. The van der Waals surface area contributed by atoms with Gasteiger partial charge in [-0.25, -0.2) is 4.98 Å². The van der Waals surface area contributed by atoms with E-state index in [0.717, 1.165) is 23.3 Å². The Balaban J connectivity index is 2.08. The highest BCUT2D eigenvalue weighted by Crippen LogP contribution is 2.26. The first-order valence-corrected chi connectivity index (χ1v) is 6.23. The normalized spacial score (nSPS) is 14.1. The fourth-order valence-electron chi connectivity index (χ4n) is 2.45. The smallest absolute Gasteiger partial charge is 0.107 e. The van der Waals surface area contributed by atoms with Gasteiger partial charge in [-0.1, -0.05) is 27.7 Å². The maximum Gasteiger partial charge on any atom is 0.107 e. The SMILES string of the molecule is CC(Cc1nc2ccncc2[nH]1)CC(C)(C)C. The van der Waals surface area contributed by atoms with Crippen molar-refractivity contribution in [3.63, 3.8) is 0 Å². The first-order chi connectivity index (χ1) is 7.94. The number of nitrogens with one attached hydrogen (secondary N) is 1. The number of pyridine rings is 1. The van der Waals surface area contributed by atoms with Crippen molar-refractivity contribution in [1.29, 1.82) is 0 Å². The van der Waals surface area contributed by atoms with Crippen molar-refractivity contribution < 1.29 is 0 Å². The summed E-state index contributed by atoms with van der Waals surface area (Å²) in [5, 5.41) is 0. The third kappa shape index (κ3) is 3.29. The molecule has 0 aromatic carbocycles. The van der Waals surface area contributed by atoms with Crippen LogP contribution >= 0.6 is 0 Å². The van der Waals surface area contributed by atoms with Crippen LogP contribution < -0.4 is 0 Å². The standard InChI is InChI=1S/C14H21N3/c1-10(8-14(2,3)4)7-13-16-11-5-6-15-9-12(11)17-13/h5-6,9-10H,7-8H2,1-4H3,(H,16,17). The lowest BCUT2D eigenvalue weighted by molar-refractivity contribution is 0.304. The summed E-state index contributed by atoms with van der Waals surface area (Å²) in [6.45, 7) is 9.14. The Labute approximate surface area is 103 Å². The second-order valence-corrected chi connectivity index (χ2v) is 6.15. The summed E-state index contributed by atoms with van der Waals surface area (Å²) in [6.07, 6.45) is 5.83. The van der Waals surface area contributed by atoms with E-state index in [1.807, 2.05) is 12.3 Å². The molecule has 1 atom stereocenters. The van der Waals surface area contributed by atoms with Crippen LogP contribution in [0.1, 0.15) is 39.9 Å². The molecule has 0 aliphatic carbocycles. The molecule has 2 rings (SSSR count). The van der Waals surface area contributed by atoms with Crippen molar-refractivity contribution in [1.82, 2.24) is 15.0 Å². The van der Waals surface area contributed by atoms with Gasteiger partial charge in [0.15, 0.2) is 0 Å². The molecule has 0 aliphatic heterocycles. The zero-order valence-electron chi connectivity index (χ0n) is 11.1. The number of hydrogen-bond donors (Lipinski definition) is 1. The van der Waals surface area contributed by atoms with Crippen LogP contribution in [0.25, 0.3) is 11.0 Å². The molecule has 2 aromatic rings. The first kappa shape index (κ1) is 12.1. The maximum atomic E-state index is 4.59. The predicted octanol–water partition coefficient (Wildman–Crippen LogP) is 3.57. The number of rotatable bonds is 3. The third-order valence-corrected chi connectivity index (χ3v) is 2.84. The van der Waals surface area contributed by atoms with E-state index in [0.29, 0.717) is 11.3 Å². The number of fused-ring (bicyclic) bond motifs is 1. The van der Waals surface area contributed by atoms with Crippen molar-refractivity contribution >= 4 is 11.0 Å². The van der Waals surface area contributed by atoms with Crippen molar-refractivity contribution in [2.75, 3.05) is 0 Å². The molecule has 0 spiro atoms. The van der Waals surface area contributed by atoms with Gasteiger partial charge in [-0.3, -0.25) is 4.98 Å². The number of H-pyrrole nitrogens is 1. The summed E-state index contributed by atoms with van der Waals surface area (Å²) in [5.74, 6) is 1.72. The number of hydrogen-bond acceptors (Lipinski definition) is 2. The first-order valence-electron chi connectivity index (χ1n) is 6.23. The molecule has 92 valence electrons. The quantitative estimate of drug-likeness (QED) is 0.877. The molecular formula is C14H21N3. The topological polar surface area (TPSA) is 41.6 Å². The van der Waals surface area contributed by atoms with Gasteiger partial charge in [0.05, 0.1) is 17.2 Å². The summed E-state index contributed by atoms with van der Waals surface area (Å²) in [7, 11) is 0. The summed E-state index contributed by atoms with van der Waals surface area (Å²) >= 11 is 0. The molecule has 0 radical (unpaired) electrons. The van der Waals surface area contributed by atoms with Gasteiger partial charge in [0.2, 0.25) is 0 Å². The molecule has 17 heavy (non-hydrogen) atoms. The Hall–Kier alpha value is -1.38. The van der Waals surface area contributed by atoms with Crippen molar-refractivity contribution in [3.8, 4) is 0 Å². The van der Waals surface area contributed by atoms with Gasteiger partial charge < -0.3 is 4.98 Å². The van der Waals surface area contributed by atoms with Gasteiger partial charge in [0.25, 0.3) is 0 Å². The van der Waals surface area contributed by atoms with E-state index in [-0.39, 0.29) is 0 Å². The van der Waals surface area contributed by atoms with E-state index < -0.39 is 0 Å². The molecule has 2 heterocycles. The van der Waals surface area contributed by atoms with Gasteiger partial charge in [-0.15, -0.1) is 0 Å². The Morgan fingerprint density at radius 2 is 2.12 bits per heavy atom. The maximum absolute atomic E-state index is 4.59. The number of aromatic amines is 1. The molecule has 0 fully saturated rings. The van der Waals surface area contributed by atoms with E-state index >= 15 is 0 Å². The lowest BCUT2D eigenvalue weighted by Gasteiger charge is -2.22. The summed E-state index contributed by atoms with van der Waals surface area (Å²) in [5.41, 5.74) is 2.43. The van der Waals surface area contributed by atoms with E-state index in [1.165, 1.54) is 6.42 Å². The molecule has 2 aromatic heterocycles. The molecule has 0 bridgehead atoms. The second-order valence-electron chi connectivity index (χ2n) is 6.15. The lowest BCUT2D eigenvalue weighted by atomic mass is 9.84. The molecule has 1 N–H and O–H groups in total. The van der Waals surface area contributed by atoms with Crippen LogP contribution in [0.4, 0.5) is 0 Å². The number of nitrogens with zero attached hydrogens (tertiary/aromatic N) is 2. The van der Waals surface area contributed by atoms with Crippen LogP contribution in [0.3, 0.4) is 0 Å². The molecule has 3 heteroatoms. The van der Waals surface area contributed by atoms with Crippen LogP contribution in [-0.4, -0.2) is 15.0 Å². The highest BCUT2D eigenvalue weighted by molar-refractivity contribution is 5.73. The molecule has 3 nitrogen and oxygen atoms in total. The molecule has 1 unspecified atom stereocenters. The molecule has 0 saturated carbocycles. The third-order valence-electron chi connectivity index (χ3n) is 2.84. The number of imidazole rings is 1. The number of aromatic nitrogens is 3. The zero-order valence-corrected chi connectivity index (χ0v) is 11.1. The largest absolute Gasteiger partial charge is 0.341 e. The highest BCUT2D eigenvalue weighted by Gasteiger charge is 2.16. The molecule has 0 saturated heterocycles. The Kier molecular flexibility index (Phi) is 3.18. The van der Waals surface area contributed by atoms with Gasteiger partial charge in [-0.05, 0) is 23.8 Å². The van der Waals surface area contributed by atoms with E-state index in [1.54, 1.807) is 6.20 Å².